The van der Waals surface area contributed by atoms with E-state index < -0.39 is 0 Å². The largest absolute Gasteiger partial charge is 0.393 e. The molecule has 1 rings (SSSR count). The number of rotatable bonds is 3. The summed E-state index contributed by atoms with van der Waals surface area (Å²) in [5.74, 6) is -0.0201. The molecule has 1 heterocycles. The monoisotopic (exact) mass is 200 g/mol. The highest BCUT2D eigenvalue weighted by atomic mass is 16.3. The average molecular weight is 200 g/mol. The molecule has 82 valence electrons. The Hall–Kier alpha value is -0.610. The third-order valence-corrected chi connectivity index (χ3v) is 3.05. The first-order chi connectivity index (χ1) is 6.56. The number of likely N-dealkylation sites (tertiary alicyclic amines) is 1. The van der Waals surface area contributed by atoms with E-state index >= 15 is 0 Å². The van der Waals surface area contributed by atoms with E-state index in [2.05, 4.69) is 4.90 Å². The Kier molecular flexibility index (Phi) is 3.89. The average Bonchev–Trinajstić information content (AvgIpc) is 2.11. The molecule has 0 aromatic heterocycles. The quantitative estimate of drug-likeness (QED) is 0.671. The van der Waals surface area contributed by atoms with E-state index in [4.69, 9.17) is 5.73 Å². The molecule has 3 atom stereocenters. The molecule has 0 aromatic rings. The smallest absolute Gasteiger partial charge is 0.234 e. The van der Waals surface area contributed by atoms with Crippen LogP contribution in [0.4, 0.5) is 0 Å². The van der Waals surface area contributed by atoms with E-state index in [1.54, 1.807) is 0 Å². The molecule has 1 aliphatic heterocycles. The first-order valence-electron chi connectivity index (χ1n) is 5.27. The molecule has 0 bridgehead atoms. The highest BCUT2D eigenvalue weighted by Crippen LogP contribution is 2.19. The number of carbonyl (C=O) groups is 1. The van der Waals surface area contributed by atoms with Gasteiger partial charge in [0.1, 0.15) is 0 Å². The fourth-order valence-corrected chi connectivity index (χ4v) is 2.09. The van der Waals surface area contributed by atoms with Crippen molar-refractivity contribution in [3.05, 3.63) is 0 Å². The number of aliphatic hydroxyl groups is 1. The topological polar surface area (TPSA) is 66.6 Å². The standard InChI is InChI=1S/C10H20N2O2/c1-3-8(10(11)14)12-5-4-9(13)7(2)6-12/h7-9,13H,3-6H2,1-2H3,(H2,11,14). The first kappa shape index (κ1) is 11.5. The summed E-state index contributed by atoms with van der Waals surface area (Å²) in [5, 5.41) is 9.55. The minimum atomic E-state index is -0.254. The van der Waals surface area contributed by atoms with Crippen LogP contribution >= 0.6 is 0 Å². The van der Waals surface area contributed by atoms with Crippen LogP contribution in [0.1, 0.15) is 26.7 Å². The lowest BCUT2D eigenvalue weighted by Crippen LogP contribution is -2.51. The fraction of sp³-hybridized carbons (Fsp3) is 0.900. The molecule has 4 heteroatoms. The van der Waals surface area contributed by atoms with Crippen LogP contribution < -0.4 is 5.73 Å². The number of nitrogens with two attached hydrogens (primary N) is 1. The van der Waals surface area contributed by atoms with Gasteiger partial charge in [0.2, 0.25) is 5.91 Å². The normalized spacial score (nSPS) is 31.4. The Balaban J connectivity index is 2.56. The molecule has 4 nitrogen and oxygen atoms in total. The zero-order valence-corrected chi connectivity index (χ0v) is 8.94. The molecule has 0 aromatic carbocycles. The molecule has 1 saturated heterocycles. The van der Waals surface area contributed by atoms with Crippen LogP contribution in [0.2, 0.25) is 0 Å². The molecule has 0 spiro atoms. The number of carbonyl (C=O) groups excluding carboxylic acids is 1. The minimum absolute atomic E-state index is 0.162. The number of nitrogens with zero attached hydrogens (tertiary/aromatic N) is 1. The molecule has 0 saturated carbocycles. The molecular formula is C10H20N2O2. The Morgan fingerprint density at radius 2 is 2.36 bits per heavy atom. The van der Waals surface area contributed by atoms with E-state index in [0.717, 1.165) is 25.9 Å². The van der Waals surface area contributed by atoms with E-state index in [1.165, 1.54) is 0 Å². The Bertz CT molecular complexity index is 208. The zero-order chi connectivity index (χ0) is 10.7. The lowest BCUT2D eigenvalue weighted by molar-refractivity contribution is -0.125. The van der Waals surface area contributed by atoms with Gasteiger partial charge in [0.15, 0.2) is 0 Å². The van der Waals surface area contributed by atoms with Gasteiger partial charge in [-0.25, -0.2) is 0 Å². The summed E-state index contributed by atoms with van der Waals surface area (Å²) in [6.45, 7) is 5.51. The van der Waals surface area contributed by atoms with Crippen LogP contribution in [0.15, 0.2) is 0 Å². The maximum absolute atomic E-state index is 11.1. The number of aliphatic hydroxyl groups excluding tert-OH is 1. The molecule has 1 amide bonds. The van der Waals surface area contributed by atoms with Gasteiger partial charge in [0, 0.05) is 13.1 Å². The number of amides is 1. The number of piperidine rings is 1. The maximum atomic E-state index is 11.1. The lowest BCUT2D eigenvalue weighted by atomic mass is 9.95. The molecule has 3 unspecified atom stereocenters. The highest BCUT2D eigenvalue weighted by molar-refractivity contribution is 5.79. The summed E-state index contributed by atoms with van der Waals surface area (Å²) < 4.78 is 0. The van der Waals surface area contributed by atoms with E-state index in [1.807, 2.05) is 13.8 Å². The van der Waals surface area contributed by atoms with Crippen LogP contribution in [-0.2, 0) is 4.79 Å². The summed E-state index contributed by atoms with van der Waals surface area (Å²) in [5.41, 5.74) is 5.32. The van der Waals surface area contributed by atoms with Crippen molar-refractivity contribution in [3.8, 4) is 0 Å². The van der Waals surface area contributed by atoms with E-state index in [9.17, 15) is 9.90 Å². The molecule has 3 N–H and O–H groups in total. The summed E-state index contributed by atoms with van der Waals surface area (Å²) in [4.78, 5) is 13.2. The predicted molar refractivity (Wildman–Crippen MR) is 54.6 cm³/mol. The first-order valence-corrected chi connectivity index (χ1v) is 5.27. The van der Waals surface area contributed by atoms with Crippen molar-refractivity contribution in [1.82, 2.24) is 4.90 Å². The van der Waals surface area contributed by atoms with Crippen LogP contribution in [0, 0.1) is 5.92 Å². The van der Waals surface area contributed by atoms with E-state index in [-0.39, 0.29) is 24.0 Å². The van der Waals surface area contributed by atoms with Gasteiger partial charge in [-0.05, 0) is 18.8 Å². The molecular weight excluding hydrogens is 180 g/mol. The van der Waals surface area contributed by atoms with Gasteiger partial charge in [-0.3, -0.25) is 9.69 Å². The van der Waals surface area contributed by atoms with Gasteiger partial charge in [-0.2, -0.15) is 0 Å². The molecule has 1 aliphatic rings. The van der Waals surface area contributed by atoms with Gasteiger partial charge < -0.3 is 10.8 Å². The Labute approximate surface area is 85.1 Å². The van der Waals surface area contributed by atoms with Crippen molar-refractivity contribution in [2.75, 3.05) is 13.1 Å². The summed E-state index contributed by atoms with van der Waals surface area (Å²) in [6, 6.07) is -0.162. The molecule has 1 fully saturated rings. The summed E-state index contributed by atoms with van der Waals surface area (Å²) >= 11 is 0. The van der Waals surface area contributed by atoms with Crippen molar-refractivity contribution >= 4 is 5.91 Å². The fourth-order valence-electron chi connectivity index (χ4n) is 2.09. The molecule has 14 heavy (non-hydrogen) atoms. The Morgan fingerprint density at radius 1 is 1.71 bits per heavy atom. The van der Waals surface area contributed by atoms with Crippen LogP contribution in [0.3, 0.4) is 0 Å². The maximum Gasteiger partial charge on any atom is 0.234 e. The molecule has 0 radical (unpaired) electrons. The minimum Gasteiger partial charge on any atom is -0.393 e. The number of hydrogen-bond acceptors (Lipinski definition) is 3. The van der Waals surface area contributed by atoms with Crippen molar-refractivity contribution in [2.45, 2.75) is 38.8 Å². The van der Waals surface area contributed by atoms with Crippen LogP contribution in [0.25, 0.3) is 0 Å². The Morgan fingerprint density at radius 3 is 2.79 bits per heavy atom. The van der Waals surface area contributed by atoms with Gasteiger partial charge in [-0.1, -0.05) is 13.8 Å². The third kappa shape index (κ3) is 2.45. The number of hydrogen-bond donors (Lipinski definition) is 2. The van der Waals surface area contributed by atoms with Crippen molar-refractivity contribution in [3.63, 3.8) is 0 Å². The van der Waals surface area contributed by atoms with Crippen molar-refractivity contribution in [2.24, 2.45) is 11.7 Å². The SMILES string of the molecule is CCC(C(N)=O)N1CCC(O)C(C)C1. The second kappa shape index (κ2) is 4.75. The zero-order valence-electron chi connectivity index (χ0n) is 8.94. The van der Waals surface area contributed by atoms with Crippen molar-refractivity contribution in [1.29, 1.82) is 0 Å². The number of primary amides is 1. The van der Waals surface area contributed by atoms with Gasteiger partial charge >= 0.3 is 0 Å². The summed E-state index contributed by atoms with van der Waals surface area (Å²) in [6.07, 6.45) is 1.26. The van der Waals surface area contributed by atoms with Gasteiger partial charge in [0.05, 0.1) is 12.1 Å². The second-order valence-corrected chi connectivity index (χ2v) is 4.15. The summed E-state index contributed by atoms with van der Waals surface area (Å²) in [7, 11) is 0. The van der Waals surface area contributed by atoms with Crippen LogP contribution in [-0.4, -0.2) is 41.1 Å². The van der Waals surface area contributed by atoms with E-state index in [0.29, 0.717) is 0 Å². The van der Waals surface area contributed by atoms with Crippen LogP contribution in [0.5, 0.6) is 0 Å². The van der Waals surface area contributed by atoms with Gasteiger partial charge in [-0.15, -0.1) is 0 Å². The second-order valence-electron chi connectivity index (χ2n) is 4.15. The predicted octanol–water partition coefficient (Wildman–Crippen LogP) is -0.0470. The lowest BCUT2D eigenvalue weighted by Gasteiger charge is -2.37. The van der Waals surface area contributed by atoms with Gasteiger partial charge in [0.25, 0.3) is 0 Å². The third-order valence-electron chi connectivity index (χ3n) is 3.05. The molecule has 0 aliphatic carbocycles. The highest BCUT2D eigenvalue weighted by Gasteiger charge is 2.30. The van der Waals surface area contributed by atoms with Crippen molar-refractivity contribution < 1.29 is 9.90 Å².